The van der Waals surface area contributed by atoms with Gasteiger partial charge in [-0.2, -0.15) is 0 Å². The van der Waals surface area contributed by atoms with Gasteiger partial charge >= 0.3 is 0 Å². The number of nitrogens with zero attached hydrogens (tertiary/aromatic N) is 3. The number of anilines is 2. The Bertz CT molecular complexity index is 1220. The SMILES string of the molecule is CC(=O)N(c1nc(/C=C/C(=O)c2ccc(C)c([N+](=O)[O-])c2)cs1)c1ccc(F)cc1F. The van der Waals surface area contributed by atoms with Gasteiger partial charge in [0.2, 0.25) is 5.91 Å². The van der Waals surface area contributed by atoms with Crippen LogP contribution < -0.4 is 4.90 Å². The lowest BCUT2D eigenvalue weighted by Crippen LogP contribution is -2.23. The minimum absolute atomic E-state index is 0.135. The van der Waals surface area contributed by atoms with E-state index in [2.05, 4.69) is 4.98 Å². The molecule has 0 saturated heterocycles. The summed E-state index contributed by atoms with van der Waals surface area (Å²) in [6, 6.07) is 7.00. The molecule has 3 rings (SSSR count). The second kappa shape index (κ2) is 8.92. The Morgan fingerprint density at radius 3 is 2.58 bits per heavy atom. The van der Waals surface area contributed by atoms with E-state index in [4.69, 9.17) is 0 Å². The predicted molar refractivity (Wildman–Crippen MR) is 112 cm³/mol. The maximum atomic E-state index is 14.1. The number of ketones is 1. The zero-order valence-corrected chi connectivity index (χ0v) is 17.2. The fraction of sp³-hybridized carbons (Fsp3) is 0.0952. The van der Waals surface area contributed by atoms with Crippen molar-refractivity contribution in [2.24, 2.45) is 0 Å². The van der Waals surface area contributed by atoms with Crippen molar-refractivity contribution in [1.29, 1.82) is 0 Å². The molecule has 0 atom stereocenters. The second-order valence-corrected chi connectivity index (χ2v) is 7.30. The molecule has 158 valence electrons. The maximum Gasteiger partial charge on any atom is 0.273 e. The van der Waals surface area contributed by atoms with Gasteiger partial charge in [-0.1, -0.05) is 12.1 Å². The number of carbonyl (C=O) groups is 2. The lowest BCUT2D eigenvalue weighted by atomic mass is 10.1. The van der Waals surface area contributed by atoms with E-state index in [0.717, 1.165) is 28.4 Å². The van der Waals surface area contributed by atoms with E-state index in [0.29, 0.717) is 17.3 Å². The van der Waals surface area contributed by atoms with E-state index in [1.807, 2.05) is 0 Å². The van der Waals surface area contributed by atoms with Crippen LogP contribution in [0.1, 0.15) is 28.5 Å². The summed E-state index contributed by atoms with van der Waals surface area (Å²) in [5.74, 6) is -2.69. The number of benzene rings is 2. The van der Waals surface area contributed by atoms with Crippen molar-refractivity contribution in [3.05, 3.63) is 86.4 Å². The summed E-state index contributed by atoms with van der Waals surface area (Å²) in [6.45, 7) is 2.79. The smallest absolute Gasteiger partial charge is 0.273 e. The topological polar surface area (TPSA) is 93.4 Å². The lowest BCUT2D eigenvalue weighted by molar-refractivity contribution is -0.385. The minimum atomic E-state index is -0.918. The van der Waals surface area contributed by atoms with E-state index in [1.165, 1.54) is 37.3 Å². The Balaban J connectivity index is 1.85. The summed E-state index contributed by atoms with van der Waals surface area (Å²) >= 11 is 1.03. The van der Waals surface area contributed by atoms with Crippen molar-refractivity contribution in [2.75, 3.05) is 4.90 Å². The van der Waals surface area contributed by atoms with Crippen LogP contribution in [0.2, 0.25) is 0 Å². The van der Waals surface area contributed by atoms with E-state index in [1.54, 1.807) is 12.3 Å². The predicted octanol–water partition coefficient (Wildman–Crippen LogP) is 5.22. The number of amides is 1. The molecule has 0 bridgehead atoms. The van der Waals surface area contributed by atoms with Crippen LogP contribution in [0.4, 0.5) is 25.3 Å². The molecular weight excluding hydrogens is 428 g/mol. The first kappa shape index (κ1) is 21.9. The number of allylic oxidation sites excluding steroid dienone is 1. The second-order valence-electron chi connectivity index (χ2n) is 6.46. The Labute approximate surface area is 179 Å². The van der Waals surface area contributed by atoms with Crippen LogP contribution in [0.15, 0.2) is 47.9 Å². The standard InChI is InChI=1S/C21H15F2N3O4S/c1-12-3-4-14(9-19(12)26(29)30)20(28)8-6-16-11-31-21(24-16)25(13(2)27)18-7-5-15(22)10-17(18)23/h3-11H,1-2H3/b8-6+. The van der Waals surface area contributed by atoms with Gasteiger partial charge in [0, 0.05) is 35.6 Å². The molecule has 7 nitrogen and oxygen atoms in total. The van der Waals surface area contributed by atoms with Gasteiger partial charge in [-0.05, 0) is 31.2 Å². The Morgan fingerprint density at radius 1 is 1.19 bits per heavy atom. The van der Waals surface area contributed by atoms with Crippen LogP contribution >= 0.6 is 11.3 Å². The molecule has 0 saturated carbocycles. The summed E-state index contributed by atoms with van der Waals surface area (Å²) in [5, 5.41) is 12.7. The van der Waals surface area contributed by atoms with Crippen molar-refractivity contribution in [2.45, 2.75) is 13.8 Å². The molecule has 1 amide bonds. The van der Waals surface area contributed by atoms with Crippen LogP contribution in [0.3, 0.4) is 0 Å². The van der Waals surface area contributed by atoms with Crippen molar-refractivity contribution in [3.63, 3.8) is 0 Å². The molecule has 2 aromatic carbocycles. The third-order valence-electron chi connectivity index (χ3n) is 4.26. The maximum absolute atomic E-state index is 14.1. The van der Waals surface area contributed by atoms with Gasteiger partial charge in [-0.25, -0.2) is 13.8 Å². The number of nitro groups is 1. The summed E-state index contributed by atoms with van der Waals surface area (Å²) in [4.78, 5) is 40.1. The molecule has 0 unspecified atom stereocenters. The first-order valence-corrected chi connectivity index (χ1v) is 9.74. The van der Waals surface area contributed by atoms with Gasteiger partial charge in [0.05, 0.1) is 16.3 Å². The molecule has 0 fully saturated rings. The average Bonchev–Trinajstić information content (AvgIpc) is 3.16. The molecule has 1 heterocycles. The van der Waals surface area contributed by atoms with Gasteiger partial charge in [0.15, 0.2) is 10.9 Å². The third-order valence-corrected chi connectivity index (χ3v) is 5.11. The van der Waals surface area contributed by atoms with Gasteiger partial charge in [-0.3, -0.25) is 24.6 Å². The molecular formula is C21H15F2N3O4S. The third kappa shape index (κ3) is 4.86. The molecule has 0 N–H and O–H groups in total. The number of halogens is 2. The normalized spacial score (nSPS) is 11.0. The van der Waals surface area contributed by atoms with E-state index in [9.17, 15) is 28.5 Å². The highest BCUT2D eigenvalue weighted by molar-refractivity contribution is 7.14. The van der Waals surface area contributed by atoms with Crippen LogP contribution in [-0.2, 0) is 4.79 Å². The highest BCUT2D eigenvalue weighted by atomic mass is 32.1. The minimum Gasteiger partial charge on any atom is -0.289 e. The van der Waals surface area contributed by atoms with Crippen molar-refractivity contribution < 1.29 is 23.3 Å². The summed E-state index contributed by atoms with van der Waals surface area (Å²) < 4.78 is 27.3. The Hall–Kier alpha value is -3.79. The largest absolute Gasteiger partial charge is 0.289 e. The van der Waals surface area contributed by atoms with E-state index < -0.39 is 28.2 Å². The first-order valence-electron chi connectivity index (χ1n) is 8.86. The van der Waals surface area contributed by atoms with E-state index in [-0.39, 0.29) is 22.1 Å². The van der Waals surface area contributed by atoms with Crippen molar-refractivity contribution >= 4 is 45.6 Å². The van der Waals surface area contributed by atoms with Gasteiger partial charge < -0.3 is 0 Å². The Morgan fingerprint density at radius 2 is 1.94 bits per heavy atom. The molecule has 0 aliphatic carbocycles. The van der Waals surface area contributed by atoms with Crippen LogP contribution in [0, 0.1) is 28.7 Å². The van der Waals surface area contributed by atoms with Gasteiger partial charge in [-0.15, -0.1) is 11.3 Å². The number of nitro benzene ring substituents is 1. The van der Waals surface area contributed by atoms with Crippen molar-refractivity contribution in [3.8, 4) is 0 Å². The molecule has 31 heavy (non-hydrogen) atoms. The zero-order chi connectivity index (χ0) is 22.7. The van der Waals surface area contributed by atoms with Crippen molar-refractivity contribution in [1.82, 2.24) is 4.98 Å². The van der Waals surface area contributed by atoms with E-state index >= 15 is 0 Å². The summed E-state index contributed by atoms with van der Waals surface area (Å²) in [5.41, 5.74) is 0.592. The highest BCUT2D eigenvalue weighted by Gasteiger charge is 2.21. The molecule has 0 aliphatic rings. The fourth-order valence-corrected chi connectivity index (χ4v) is 3.59. The van der Waals surface area contributed by atoms with Gasteiger partial charge in [0.1, 0.15) is 11.6 Å². The van der Waals surface area contributed by atoms with Crippen LogP contribution in [-0.4, -0.2) is 21.6 Å². The number of thiazole rings is 1. The van der Waals surface area contributed by atoms with Gasteiger partial charge in [0.25, 0.3) is 5.69 Å². The first-order chi connectivity index (χ1) is 14.7. The Kier molecular flexibility index (Phi) is 6.30. The number of aromatic nitrogens is 1. The summed E-state index contributed by atoms with van der Waals surface area (Å²) in [7, 11) is 0. The number of rotatable bonds is 6. The summed E-state index contributed by atoms with van der Waals surface area (Å²) in [6.07, 6.45) is 2.58. The fourth-order valence-electron chi connectivity index (χ4n) is 2.74. The molecule has 0 aliphatic heterocycles. The average molecular weight is 443 g/mol. The molecule has 0 spiro atoms. The number of hydrogen-bond donors (Lipinski definition) is 0. The zero-order valence-electron chi connectivity index (χ0n) is 16.3. The van der Waals surface area contributed by atoms with Crippen LogP contribution in [0.5, 0.6) is 0 Å². The number of hydrogen-bond acceptors (Lipinski definition) is 6. The molecule has 10 heteroatoms. The monoisotopic (exact) mass is 443 g/mol. The lowest BCUT2D eigenvalue weighted by Gasteiger charge is -2.18. The molecule has 0 radical (unpaired) electrons. The quantitative estimate of drug-likeness (QED) is 0.225. The number of aryl methyl sites for hydroxylation is 1. The molecule has 1 aromatic heterocycles. The van der Waals surface area contributed by atoms with Crippen LogP contribution in [0.25, 0.3) is 6.08 Å². The highest BCUT2D eigenvalue weighted by Crippen LogP contribution is 2.31. The molecule has 3 aromatic rings. The number of carbonyl (C=O) groups excluding carboxylic acids is 2.